The molecule has 0 aliphatic rings. The molecule has 3 aromatic rings. The molecule has 0 heterocycles. The van der Waals surface area contributed by atoms with Gasteiger partial charge < -0.3 is 5.32 Å². The monoisotopic (exact) mass is 436 g/mol. The number of para-hydroxylation sites is 1. The minimum Gasteiger partial charge on any atom is -0.325 e. The van der Waals surface area contributed by atoms with Crippen LogP contribution in [0.5, 0.6) is 0 Å². The molecule has 0 fully saturated rings. The van der Waals surface area contributed by atoms with Crippen LogP contribution in [0, 0.1) is 13.8 Å². The third-order valence-electron chi connectivity index (χ3n) is 5.09. The number of aryl methyl sites for hydroxylation is 3. The largest absolute Gasteiger partial charge is 0.325 e. The molecule has 1 amide bonds. The van der Waals surface area contributed by atoms with E-state index in [2.05, 4.69) is 5.32 Å². The molecule has 0 unspecified atom stereocenters. The average Bonchev–Trinajstić information content (AvgIpc) is 2.74. The molecule has 6 heteroatoms. The Hall–Kier alpha value is -2.96. The Morgan fingerprint density at radius 3 is 2.29 bits per heavy atom. The first-order valence-electron chi connectivity index (χ1n) is 10.3. The maximum absolute atomic E-state index is 13.4. The highest BCUT2D eigenvalue weighted by Gasteiger charge is 2.27. The number of carbonyl (C=O) groups is 1. The van der Waals surface area contributed by atoms with Crippen LogP contribution in [0.2, 0.25) is 0 Å². The molecule has 3 rings (SSSR count). The first kappa shape index (κ1) is 22.7. The van der Waals surface area contributed by atoms with Gasteiger partial charge in [-0.05, 0) is 49.6 Å². The van der Waals surface area contributed by atoms with E-state index in [9.17, 15) is 13.2 Å². The molecule has 0 spiro atoms. The molecule has 5 nitrogen and oxygen atoms in total. The number of rotatable bonds is 8. The Balaban J connectivity index is 1.89. The van der Waals surface area contributed by atoms with Gasteiger partial charge in [0.25, 0.3) is 0 Å². The summed E-state index contributed by atoms with van der Waals surface area (Å²) < 4.78 is 28.0. The van der Waals surface area contributed by atoms with E-state index in [1.807, 2.05) is 69.3 Å². The first-order chi connectivity index (χ1) is 14.8. The quantitative estimate of drug-likeness (QED) is 0.557. The summed E-state index contributed by atoms with van der Waals surface area (Å²) in [7, 11) is -3.86. The first-order valence-corrected chi connectivity index (χ1v) is 11.7. The summed E-state index contributed by atoms with van der Waals surface area (Å²) in [6.07, 6.45) is 0.769. The van der Waals surface area contributed by atoms with Gasteiger partial charge in [0.2, 0.25) is 15.9 Å². The van der Waals surface area contributed by atoms with Crippen LogP contribution in [-0.4, -0.2) is 25.2 Å². The molecular weight excluding hydrogens is 408 g/mol. The molecule has 0 aromatic heterocycles. The van der Waals surface area contributed by atoms with E-state index in [0.717, 1.165) is 28.7 Å². The third kappa shape index (κ3) is 5.81. The minimum atomic E-state index is -3.86. The fourth-order valence-corrected chi connectivity index (χ4v) is 4.78. The predicted octanol–water partition coefficient (Wildman–Crippen LogP) is 4.70. The predicted molar refractivity (Wildman–Crippen MR) is 124 cm³/mol. The van der Waals surface area contributed by atoms with E-state index < -0.39 is 10.0 Å². The van der Waals surface area contributed by atoms with Crippen molar-refractivity contribution in [1.29, 1.82) is 0 Å². The van der Waals surface area contributed by atoms with E-state index in [-0.39, 0.29) is 23.9 Å². The van der Waals surface area contributed by atoms with E-state index in [1.165, 1.54) is 4.31 Å². The fraction of sp³-hybridized carbons (Fsp3) is 0.240. The van der Waals surface area contributed by atoms with Crippen molar-refractivity contribution < 1.29 is 13.2 Å². The van der Waals surface area contributed by atoms with Crippen LogP contribution in [0.3, 0.4) is 0 Å². The van der Waals surface area contributed by atoms with E-state index in [0.29, 0.717) is 5.69 Å². The summed E-state index contributed by atoms with van der Waals surface area (Å²) in [6, 6.07) is 21.9. The van der Waals surface area contributed by atoms with E-state index in [1.54, 1.807) is 24.3 Å². The van der Waals surface area contributed by atoms with Crippen molar-refractivity contribution in [3.63, 3.8) is 0 Å². The van der Waals surface area contributed by atoms with Crippen LogP contribution in [0.1, 0.15) is 29.2 Å². The number of hydrogen-bond donors (Lipinski definition) is 1. The summed E-state index contributed by atoms with van der Waals surface area (Å²) >= 11 is 0. The van der Waals surface area contributed by atoms with Crippen molar-refractivity contribution in [1.82, 2.24) is 4.31 Å². The second-order valence-corrected chi connectivity index (χ2v) is 9.57. The number of benzene rings is 3. The molecule has 162 valence electrons. The molecule has 0 aliphatic carbocycles. The Labute approximate surface area is 184 Å². The summed E-state index contributed by atoms with van der Waals surface area (Å²) in [6.45, 7) is 5.70. The normalized spacial score (nSPS) is 11.5. The van der Waals surface area contributed by atoms with Crippen molar-refractivity contribution in [2.45, 2.75) is 38.6 Å². The molecule has 31 heavy (non-hydrogen) atoms. The maximum Gasteiger partial charge on any atom is 0.243 e. The van der Waals surface area contributed by atoms with Gasteiger partial charge in [-0.25, -0.2) is 8.42 Å². The van der Waals surface area contributed by atoms with Crippen LogP contribution in [0.4, 0.5) is 5.69 Å². The lowest BCUT2D eigenvalue weighted by atomic mass is 10.1. The van der Waals surface area contributed by atoms with Crippen molar-refractivity contribution >= 4 is 21.6 Å². The third-order valence-corrected chi connectivity index (χ3v) is 6.90. The van der Waals surface area contributed by atoms with Crippen molar-refractivity contribution in [2.75, 3.05) is 11.9 Å². The number of nitrogens with zero attached hydrogens (tertiary/aromatic N) is 1. The zero-order chi connectivity index (χ0) is 22.4. The summed E-state index contributed by atoms with van der Waals surface area (Å²) in [4.78, 5) is 13.0. The highest BCUT2D eigenvalue weighted by Crippen LogP contribution is 2.21. The molecule has 0 saturated carbocycles. The topological polar surface area (TPSA) is 66.5 Å². The van der Waals surface area contributed by atoms with Gasteiger partial charge in [0.1, 0.15) is 0 Å². The average molecular weight is 437 g/mol. The lowest BCUT2D eigenvalue weighted by molar-refractivity contribution is -0.116. The fourth-order valence-electron chi connectivity index (χ4n) is 3.40. The summed E-state index contributed by atoms with van der Waals surface area (Å²) in [5.41, 5.74) is 4.54. The zero-order valence-corrected chi connectivity index (χ0v) is 18.9. The zero-order valence-electron chi connectivity index (χ0n) is 18.1. The van der Waals surface area contributed by atoms with Gasteiger partial charge in [0.05, 0.1) is 11.4 Å². The molecular formula is C25H28N2O3S. The smallest absolute Gasteiger partial charge is 0.243 e. The van der Waals surface area contributed by atoms with Gasteiger partial charge in [0.15, 0.2) is 0 Å². The molecule has 0 bridgehead atoms. The van der Waals surface area contributed by atoms with Crippen LogP contribution in [-0.2, 0) is 27.8 Å². The second-order valence-electron chi connectivity index (χ2n) is 7.63. The highest BCUT2D eigenvalue weighted by atomic mass is 32.2. The molecule has 0 aliphatic heterocycles. The number of carbonyl (C=O) groups excluding carboxylic acids is 1. The van der Waals surface area contributed by atoms with E-state index in [4.69, 9.17) is 0 Å². The number of sulfonamides is 1. The summed E-state index contributed by atoms with van der Waals surface area (Å²) in [5, 5.41) is 2.88. The molecule has 0 atom stereocenters. The minimum absolute atomic E-state index is 0.112. The number of nitrogens with one attached hydrogen (secondary N) is 1. The van der Waals surface area contributed by atoms with Crippen molar-refractivity contribution in [3.8, 4) is 0 Å². The van der Waals surface area contributed by atoms with Gasteiger partial charge in [-0.2, -0.15) is 4.31 Å². The Morgan fingerprint density at radius 2 is 1.61 bits per heavy atom. The second kappa shape index (κ2) is 9.90. The lowest BCUT2D eigenvalue weighted by Crippen LogP contribution is -2.37. The van der Waals surface area contributed by atoms with E-state index >= 15 is 0 Å². The van der Waals surface area contributed by atoms with Crippen LogP contribution >= 0.6 is 0 Å². The SMILES string of the molecule is CCc1ccccc1NC(=O)CN(Cc1cccc(C)c1)S(=O)(=O)c1ccc(C)cc1. The number of amides is 1. The van der Waals surface area contributed by atoms with Gasteiger partial charge in [-0.1, -0.05) is 72.6 Å². The van der Waals surface area contributed by atoms with Gasteiger partial charge >= 0.3 is 0 Å². The van der Waals surface area contributed by atoms with Crippen LogP contribution in [0.25, 0.3) is 0 Å². The Morgan fingerprint density at radius 1 is 0.903 bits per heavy atom. The molecule has 0 saturated heterocycles. The van der Waals surface area contributed by atoms with Gasteiger partial charge in [-0.15, -0.1) is 0 Å². The Kier molecular flexibility index (Phi) is 7.25. The molecule has 0 radical (unpaired) electrons. The van der Waals surface area contributed by atoms with Crippen molar-refractivity contribution in [2.24, 2.45) is 0 Å². The van der Waals surface area contributed by atoms with Crippen LogP contribution < -0.4 is 5.32 Å². The van der Waals surface area contributed by atoms with Gasteiger partial charge in [-0.3, -0.25) is 4.79 Å². The number of hydrogen-bond acceptors (Lipinski definition) is 3. The van der Waals surface area contributed by atoms with Gasteiger partial charge in [0, 0.05) is 12.2 Å². The standard InChI is InChI=1S/C25H28N2O3S/c1-4-22-10-5-6-11-24(22)26-25(28)18-27(17-21-9-7-8-20(3)16-21)31(29,30)23-14-12-19(2)13-15-23/h5-16H,4,17-18H2,1-3H3,(H,26,28). The Bertz CT molecular complexity index is 1160. The molecule has 1 N–H and O–H groups in total. The lowest BCUT2D eigenvalue weighted by Gasteiger charge is -2.22. The number of anilines is 1. The summed E-state index contributed by atoms with van der Waals surface area (Å²) in [5.74, 6) is -0.371. The van der Waals surface area contributed by atoms with Crippen LogP contribution in [0.15, 0.2) is 77.7 Å². The van der Waals surface area contributed by atoms with Crippen molar-refractivity contribution in [3.05, 3.63) is 95.1 Å². The molecule has 3 aromatic carbocycles. The highest BCUT2D eigenvalue weighted by molar-refractivity contribution is 7.89. The maximum atomic E-state index is 13.4.